The maximum Gasteiger partial charge on any atom is 0.338 e. The first kappa shape index (κ1) is 22.8. The minimum atomic E-state index is -0.402. The Morgan fingerprint density at radius 1 is 0.941 bits per heavy atom. The van der Waals surface area contributed by atoms with Gasteiger partial charge in [0, 0.05) is 22.7 Å². The Morgan fingerprint density at radius 3 is 2.38 bits per heavy atom. The zero-order chi connectivity index (χ0) is 23.9. The van der Waals surface area contributed by atoms with Crippen LogP contribution in [0.4, 0.5) is 5.69 Å². The van der Waals surface area contributed by atoms with Crippen LogP contribution >= 0.6 is 0 Å². The van der Waals surface area contributed by atoms with E-state index >= 15 is 0 Å². The maximum atomic E-state index is 12.5. The molecule has 0 aliphatic carbocycles. The standard InChI is InChI=1S/C27H24N2O5/c1-3-33-27(31)19-8-12-20(13-9-19)28-26(30)17-34-25-16-24(18-10-14-21(32-2)15-11-18)29-23-7-5-4-6-22(23)25/h4-16H,3,17H2,1-2H3,(H,28,30). The van der Waals surface area contributed by atoms with Crippen LogP contribution in [-0.2, 0) is 9.53 Å². The van der Waals surface area contributed by atoms with Crippen LogP contribution in [0.1, 0.15) is 17.3 Å². The monoisotopic (exact) mass is 456 g/mol. The topological polar surface area (TPSA) is 86.8 Å². The SMILES string of the molecule is CCOC(=O)c1ccc(NC(=O)COc2cc(-c3ccc(OC)cc3)nc3ccccc23)cc1. The van der Waals surface area contributed by atoms with Gasteiger partial charge in [-0.05, 0) is 67.6 Å². The predicted octanol–water partition coefficient (Wildman–Crippen LogP) is 5.10. The Bertz CT molecular complexity index is 1300. The summed E-state index contributed by atoms with van der Waals surface area (Å²) in [7, 11) is 1.62. The van der Waals surface area contributed by atoms with Gasteiger partial charge in [0.2, 0.25) is 0 Å². The Labute approximate surface area is 197 Å². The number of benzene rings is 3. The van der Waals surface area contributed by atoms with Crippen molar-refractivity contribution in [2.24, 2.45) is 0 Å². The van der Waals surface area contributed by atoms with E-state index in [1.54, 1.807) is 38.3 Å². The number of rotatable bonds is 8. The molecule has 7 heteroatoms. The van der Waals surface area contributed by atoms with Crippen molar-refractivity contribution in [2.75, 3.05) is 25.6 Å². The van der Waals surface area contributed by atoms with Crippen LogP contribution in [0.2, 0.25) is 0 Å². The van der Waals surface area contributed by atoms with Crippen molar-refractivity contribution in [2.45, 2.75) is 6.92 Å². The van der Waals surface area contributed by atoms with Gasteiger partial charge in [0.1, 0.15) is 11.5 Å². The van der Waals surface area contributed by atoms with Crippen LogP contribution in [0.15, 0.2) is 78.9 Å². The molecule has 0 atom stereocenters. The molecule has 1 amide bonds. The number of carbonyl (C=O) groups excluding carboxylic acids is 2. The van der Waals surface area contributed by atoms with Crippen LogP contribution in [-0.4, -0.2) is 37.2 Å². The maximum absolute atomic E-state index is 12.5. The number of carbonyl (C=O) groups is 2. The third-order valence-corrected chi connectivity index (χ3v) is 5.10. The Hall–Kier alpha value is -4.39. The largest absolute Gasteiger partial charge is 0.497 e. The van der Waals surface area contributed by atoms with Gasteiger partial charge in [-0.1, -0.05) is 12.1 Å². The molecule has 1 aromatic heterocycles. The molecule has 0 aliphatic rings. The van der Waals surface area contributed by atoms with E-state index in [4.69, 9.17) is 19.2 Å². The lowest BCUT2D eigenvalue weighted by Gasteiger charge is -2.12. The summed E-state index contributed by atoms with van der Waals surface area (Å²) >= 11 is 0. The molecule has 0 fully saturated rings. The van der Waals surface area contributed by atoms with Crippen LogP contribution < -0.4 is 14.8 Å². The number of para-hydroxylation sites is 1. The number of fused-ring (bicyclic) bond motifs is 1. The molecular weight excluding hydrogens is 432 g/mol. The van der Waals surface area contributed by atoms with Crippen molar-refractivity contribution in [1.82, 2.24) is 4.98 Å². The molecule has 0 aliphatic heterocycles. The van der Waals surface area contributed by atoms with Gasteiger partial charge in [-0.25, -0.2) is 9.78 Å². The second kappa shape index (κ2) is 10.5. The van der Waals surface area contributed by atoms with Crippen molar-refractivity contribution >= 4 is 28.5 Å². The van der Waals surface area contributed by atoms with Gasteiger partial charge < -0.3 is 19.5 Å². The number of nitrogens with zero attached hydrogens (tertiary/aromatic N) is 1. The first-order chi connectivity index (χ1) is 16.6. The first-order valence-electron chi connectivity index (χ1n) is 10.8. The molecular formula is C27H24N2O5. The highest BCUT2D eigenvalue weighted by Crippen LogP contribution is 2.30. The Morgan fingerprint density at radius 2 is 1.68 bits per heavy atom. The summed E-state index contributed by atoms with van der Waals surface area (Å²) in [6.45, 7) is 1.87. The molecule has 172 valence electrons. The highest BCUT2D eigenvalue weighted by atomic mass is 16.5. The van der Waals surface area contributed by atoms with Gasteiger partial charge in [-0.3, -0.25) is 4.79 Å². The molecule has 1 N–H and O–H groups in total. The fraction of sp³-hybridized carbons (Fsp3) is 0.148. The predicted molar refractivity (Wildman–Crippen MR) is 130 cm³/mol. The molecule has 4 aromatic rings. The van der Waals surface area contributed by atoms with Crippen molar-refractivity contribution in [1.29, 1.82) is 0 Å². The Balaban J connectivity index is 1.49. The molecule has 7 nitrogen and oxygen atoms in total. The summed E-state index contributed by atoms with van der Waals surface area (Å²) in [6, 6.07) is 23.5. The molecule has 0 spiro atoms. The van der Waals surface area contributed by atoms with E-state index in [9.17, 15) is 9.59 Å². The van der Waals surface area contributed by atoms with E-state index in [1.807, 2.05) is 54.6 Å². The number of pyridine rings is 1. The summed E-state index contributed by atoms with van der Waals surface area (Å²) in [5.74, 6) is 0.592. The van der Waals surface area contributed by atoms with E-state index in [-0.39, 0.29) is 12.5 Å². The zero-order valence-electron chi connectivity index (χ0n) is 18.9. The molecule has 1 heterocycles. The average molecular weight is 456 g/mol. The Kier molecular flexibility index (Phi) is 7.03. The fourth-order valence-corrected chi connectivity index (χ4v) is 3.42. The van der Waals surface area contributed by atoms with Crippen LogP contribution in [0.3, 0.4) is 0 Å². The quantitative estimate of drug-likeness (QED) is 0.371. The van der Waals surface area contributed by atoms with E-state index in [2.05, 4.69) is 5.32 Å². The molecule has 3 aromatic carbocycles. The van der Waals surface area contributed by atoms with Crippen molar-refractivity contribution < 1.29 is 23.8 Å². The van der Waals surface area contributed by atoms with Crippen LogP contribution in [0, 0.1) is 0 Å². The average Bonchev–Trinajstić information content (AvgIpc) is 2.87. The third kappa shape index (κ3) is 5.32. The number of nitrogens with one attached hydrogen (secondary N) is 1. The summed E-state index contributed by atoms with van der Waals surface area (Å²) in [6.07, 6.45) is 0. The van der Waals surface area contributed by atoms with E-state index in [0.717, 1.165) is 27.9 Å². The van der Waals surface area contributed by atoms with Gasteiger partial charge >= 0.3 is 5.97 Å². The van der Waals surface area contributed by atoms with Gasteiger partial charge in [-0.2, -0.15) is 0 Å². The number of hydrogen-bond acceptors (Lipinski definition) is 6. The lowest BCUT2D eigenvalue weighted by molar-refractivity contribution is -0.118. The molecule has 34 heavy (non-hydrogen) atoms. The second-order valence-corrected chi connectivity index (χ2v) is 7.39. The smallest absolute Gasteiger partial charge is 0.338 e. The lowest BCUT2D eigenvalue weighted by Crippen LogP contribution is -2.20. The molecule has 0 unspecified atom stereocenters. The second-order valence-electron chi connectivity index (χ2n) is 7.39. The van der Waals surface area contributed by atoms with Gasteiger partial charge in [0.05, 0.1) is 30.5 Å². The van der Waals surface area contributed by atoms with Crippen LogP contribution in [0.5, 0.6) is 11.5 Å². The summed E-state index contributed by atoms with van der Waals surface area (Å²) < 4.78 is 16.1. The minimum absolute atomic E-state index is 0.185. The van der Waals surface area contributed by atoms with E-state index in [1.165, 1.54) is 0 Å². The highest BCUT2D eigenvalue weighted by molar-refractivity contribution is 5.94. The highest BCUT2D eigenvalue weighted by Gasteiger charge is 2.12. The number of anilines is 1. The summed E-state index contributed by atoms with van der Waals surface area (Å²) in [4.78, 5) is 29.0. The lowest BCUT2D eigenvalue weighted by atomic mass is 10.1. The van der Waals surface area contributed by atoms with Crippen molar-refractivity contribution in [3.63, 3.8) is 0 Å². The molecule has 0 saturated heterocycles. The van der Waals surface area contributed by atoms with Crippen molar-refractivity contribution in [3.8, 4) is 22.8 Å². The third-order valence-electron chi connectivity index (χ3n) is 5.10. The number of methoxy groups -OCH3 is 1. The fourth-order valence-electron chi connectivity index (χ4n) is 3.42. The molecule has 0 saturated carbocycles. The van der Waals surface area contributed by atoms with Gasteiger partial charge in [0.15, 0.2) is 6.61 Å². The number of esters is 1. The van der Waals surface area contributed by atoms with E-state index < -0.39 is 5.97 Å². The number of ether oxygens (including phenoxy) is 3. The van der Waals surface area contributed by atoms with Gasteiger partial charge in [0.25, 0.3) is 5.91 Å². The van der Waals surface area contributed by atoms with Gasteiger partial charge in [-0.15, -0.1) is 0 Å². The van der Waals surface area contributed by atoms with E-state index in [0.29, 0.717) is 23.6 Å². The number of hydrogen-bond donors (Lipinski definition) is 1. The normalized spacial score (nSPS) is 10.5. The number of amides is 1. The molecule has 0 radical (unpaired) electrons. The minimum Gasteiger partial charge on any atom is -0.497 e. The van der Waals surface area contributed by atoms with Crippen LogP contribution in [0.25, 0.3) is 22.2 Å². The summed E-state index contributed by atoms with van der Waals surface area (Å²) in [5, 5.41) is 3.58. The summed E-state index contributed by atoms with van der Waals surface area (Å²) in [5.41, 5.74) is 3.38. The molecule has 4 rings (SSSR count). The first-order valence-corrected chi connectivity index (χ1v) is 10.8. The zero-order valence-corrected chi connectivity index (χ0v) is 18.9. The number of aromatic nitrogens is 1. The van der Waals surface area contributed by atoms with Crippen molar-refractivity contribution in [3.05, 3.63) is 84.4 Å². The molecule has 0 bridgehead atoms.